The number of nitrogens with zero attached hydrogens (tertiary/aromatic N) is 2. The second kappa shape index (κ2) is 6.86. The van der Waals surface area contributed by atoms with Crippen molar-refractivity contribution in [3.05, 3.63) is 54.2 Å². The normalized spacial score (nSPS) is 10.8. The third-order valence-corrected chi connectivity index (χ3v) is 2.47. The van der Waals surface area contributed by atoms with Crippen LogP contribution in [-0.4, -0.2) is 11.6 Å². The van der Waals surface area contributed by atoms with Gasteiger partial charge >= 0.3 is 0 Å². The molecule has 1 aromatic carbocycles. The van der Waals surface area contributed by atoms with Crippen molar-refractivity contribution in [3.8, 4) is 6.07 Å². The van der Waals surface area contributed by atoms with E-state index in [4.69, 9.17) is 9.68 Å². The van der Waals surface area contributed by atoms with Gasteiger partial charge in [0.05, 0.1) is 18.5 Å². The number of hydrogen-bond acceptors (Lipinski definition) is 5. The quantitative estimate of drug-likeness (QED) is 0.650. The molecule has 2 aromatic rings. The van der Waals surface area contributed by atoms with Gasteiger partial charge in [-0.25, -0.2) is 4.39 Å². The molecule has 0 radical (unpaired) electrons. The van der Waals surface area contributed by atoms with E-state index < -0.39 is 5.91 Å². The number of benzene rings is 1. The van der Waals surface area contributed by atoms with Crippen LogP contribution in [0.25, 0.3) is 0 Å². The van der Waals surface area contributed by atoms with Gasteiger partial charge in [0.2, 0.25) is 5.71 Å². The van der Waals surface area contributed by atoms with Gasteiger partial charge in [0.25, 0.3) is 5.91 Å². The first-order chi connectivity index (χ1) is 10.2. The van der Waals surface area contributed by atoms with Gasteiger partial charge in [-0.15, -0.1) is 0 Å². The topological polar surface area (TPSA) is 90.4 Å². The van der Waals surface area contributed by atoms with E-state index >= 15 is 0 Å². The maximum Gasteiger partial charge on any atom is 0.283 e. The fourth-order valence-electron chi connectivity index (χ4n) is 1.44. The van der Waals surface area contributed by atoms with E-state index in [-0.39, 0.29) is 18.1 Å². The molecule has 7 heteroatoms. The highest BCUT2D eigenvalue weighted by Gasteiger charge is 2.11. The minimum Gasteiger partial charge on any atom is -0.467 e. The Morgan fingerprint density at radius 1 is 1.33 bits per heavy atom. The van der Waals surface area contributed by atoms with Crippen molar-refractivity contribution in [1.82, 2.24) is 5.32 Å². The number of furan rings is 1. The van der Waals surface area contributed by atoms with Gasteiger partial charge in [-0.2, -0.15) is 10.4 Å². The molecule has 21 heavy (non-hydrogen) atoms. The lowest BCUT2D eigenvalue weighted by molar-refractivity contribution is -0.114. The van der Waals surface area contributed by atoms with Crippen LogP contribution in [0.2, 0.25) is 0 Å². The minimum absolute atomic E-state index is 0.156. The summed E-state index contributed by atoms with van der Waals surface area (Å²) in [5.74, 6) is -0.461. The molecule has 0 aliphatic rings. The van der Waals surface area contributed by atoms with Crippen LogP contribution >= 0.6 is 0 Å². The number of hydrazone groups is 1. The number of nitrogens with one attached hydrogen (secondary N) is 2. The fourth-order valence-corrected chi connectivity index (χ4v) is 1.44. The number of carbonyl (C=O) groups is 1. The first-order valence-electron chi connectivity index (χ1n) is 5.99. The van der Waals surface area contributed by atoms with Crippen LogP contribution in [0.15, 0.2) is 52.2 Å². The third-order valence-electron chi connectivity index (χ3n) is 2.47. The summed E-state index contributed by atoms with van der Waals surface area (Å²) in [6, 6.07) is 10.4. The van der Waals surface area contributed by atoms with Crippen LogP contribution in [0.3, 0.4) is 0 Å². The zero-order valence-corrected chi connectivity index (χ0v) is 10.8. The Kier molecular flexibility index (Phi) is 4.66. The summed E-state index contributed by atoms with van der Waals surface area (Å²) in [5, 5.41) is 15.1. The van der Waals surface area contributed by atoms with Crippen LogP contribution in [0.4, 0.5) is 10.1 Å². The molecule has 1 aromatic heterocycles. The van der Waals surface area contributed by atoms with Crippen molar-refractivity contribution in [1.29, 1.82) is 5.26 Å². The number of nitriles is 1. The third kappa shape index (κ3) is 4.18. The second-order valence-electron chi connectivity index (χ2n) is 3.95. The molecule has 106 valence electrons. The SMILES string of the molecule is N#C/C(=N/Nc1ccc(F)cc1)C(=O)NCc1ccco1. The average Bonchev–Trinajstić information content (AvgIpc) is 3.01. The molecule has 1 heterocycles. The monoisotopic (exact) mass is 286 g/mol. The Labute approximate surface area is 119 Å². The maximum absolute atomic E-state index is 12.7. The molecular weight excluding hydrogens is 275 g/mol. The Bertz CT molecular complexity index is 672. The lowest BCUT2D eigenvalue weighted by Gasteiger charge is -2.03. The lowest BCUT2D eigenvalue weighted by atomic mass is 10.3. The summed E-state index contributed by atoms with van der Waals surface area (Å²) in [6.45, 7) is 0.156. The number of halogens is 1. The van der Waals surface area contributed by atoms with E-state index in [2.05, 4.69) is 15.8 Å². The molecule has 0 saturated carbocycles. The van der Waals surface area contributed by atoms with Gasteiger partial charge in [-0.1, -0.05) is 0 Å². The smallest absolute Gasteiger partial charge is 0.283 e. The molecule has 0 saturated heterocycles. The summed E-state index contributed by atoms with van der Waals surface area (Å²) in [4.78, 5) is 11.7. The summed E-state index contributed by atoms with van der Waals surface area (Å²) in [5.41, 5.74) is 2.63. The maximum atomic E-state index is 12.7. The van der Waals surface area contributed by atoms with E-state index in [1.54, 1.807) is 18.2 Å². The van der Waals surface area contributed by atoms with Gasteiger partial charge in [-0.05, 0) is 36.4 Å². The second-order valence-corrected chi connectivity index (χ2v) is 3.95. The van der Waals surface area contributed by atoms with Gasteiger partial charge in [0.15, 0.2) is 0 Å². The lowest BCUT2D eigenvalue weighted by Crippen LogP contribution is -2.30. The minimum atomic E-state index is -0.636. The zero-order valence-electron chi connectivity index (χ0n) is 10.8. The van der Waals surface area contributed by atoms with Crippen molar-refractivity contribution in [2.75, 3.05) is 5.43 Å². The van der Waals surface area contributed by atoms with E-state index in [1.807, 2.05) is 0 Å². The molecule has 0 bridgehead atoms. The summed E-state index contributed by atoms with van der Waals surface area (Å²) >= 11 is 0. The largest absolute Gasteiger partial charge is 0.467 e. The fraction of sp³-hybridized carbons (Fsp3) is 0.0714. The molecule has 0 fully saturated rings. The Hall–Kier alpha value is -3.14. The van der Waals surface area contributed by atoms with Crippen molar-refractivity contribution in [2.45, 2.75) is 6.54 Å². The highest BCUT2D eigenvalue weighted by molar-refractivity contribution is 6.45. The van der Waals surface area contributed by atoms with Crippen LogP contribution in [0, 0.1) is 17.1 Å². The van der Waals surface area contributed by atoms with Crippen molar-refractivity contribution in [2.24, 2.45) is 5.10 Å². The van der Waals surface area contributed by atoms with E-state index in [9.17, 15) is 9.18 Å². The van der Waals surface area contributed by atoms with Crippen LogP contribution < -0.4 is 10.7 Å². The molecule has 0 atom stereocenters. The molecule has 1 amide bonds. The summed E-state index contributed by atoms with van der Waals surface area (Å²) in [7, 11) is 0. The summed E-state index contributed by atoms with van der Waals surface area (Å²) < 4.78 is 17.8. The molecule has 2 rings (SSSR count). The molecule has 0 aliphatic carbocycles. The van der Waals surface area contributed by atoms with Crippen molar-refractivity contribution >= 4 is 17.3 Å². The van der Waals surface area contributed by atoms with Crippen molar-refractivity contribution < 1.29 is 13.6 Å². The molecule has 6 nitrogen and oxygen atoms in total. The highest BCUT2D eigenvalue weighted by Crippen LogP contribution is 2.07. The number of anilines is 1. The Morgan fingerprint density at radius 2 is 2.10 bits per heavy atom. The molecule has 2 N–H and O–H groups in total. The first-order valence-corrected chi connectivity index (χ1v) is 5.99. The van der Waals surface area contributed by atoms with Crippen LogP contribution in [0.1, 0.15) is 5.76 Å². The highest BCUT2D eigenvalue weighted by atomic mass is 19.1. The van der Waals surface area contributed by atoms with E-state index in [0.717, 1.165) is 0 Å². The Morgan fingerprint density at radius 3 is 2.71 bits per heavy atom. The van der Waals surface area contributed by atoms with Gasteiger partial charge in [-0.3, -0.25) is 10.2 Å². The summed E-state index contributed by atoms with van der Waals surface area (Å²) in [6.07, 6.45) is 1.48. The van der Waals surface area contributed by atoms with Crippen molar-refractivity contribution in [3.63, 3.8) is 0 Å². The first kappa shape index (κ1) is 14.3. The van der Waals surface area contributed by atoms with Gasteiger partial charge in [0.1, 0.15) is 17.6 Å². The number of carbonyl (C=O) groups excluding carboxylic acids is 1. The standard InChI is InChI=1S/C14H11FN4O2/c15-10-3-5-11(6-4-10)18-19-13(8-16)14(20)17-9-12-2-1-7-21-12/h1-7,18H,9H2,(H,17,20)/b19-13-. The average molecular weight is 286 g/mol. The Balaban J connectivity index is 1.94. The molecular formula is C14H11FN4O2. The number of amides is 1. The van der Waals surface area contributed by atoms with Gasteiger partial charge < -0.3 is 9.73 Å². The molecule has 0 unspecified atom stereocenters. The predicted molar refractivity (Wildman–Crippen MR) is 73.6 cm³/mol. The zero-order chi connectivity index (χ0) is 15.1. The predicted octanol–water partition coefficient (Wildman–Crippen LogP) is 2.03. The number of rotatable bonds is 5. The van der Waals surface area contributed by atoms with E-state index in [1.165, 1.54) is 30.5 Å². The molecule has 0 spiro atoms. The van der Waals surface area contributed by atoms with E-state index in [0.29, 0.717) is 11.4 Å². The number of hydrogen-bond donors (Lipinski definition) is 2. The van der Waals surface area contributed by atoms with Crippen LogP contribution in [-0.2, 0) is 11.3 Å². The van der Waals surface area contributed by atoms with Crippen LogP contribution in [0.5, 0.6) is 0 Å². The molecule has 0 aliphatic heterocycles. The van der Waals surface area contributed by atoms with Gasteiger partial charge in [0, 0.05) is 0 Å².